The van der Waals surface area contributed by atoms with Crippen LogP contribution in [0.1, 0.15) is 38.7 Å². The molecular formula is C14H20N2O. The predicted molar refractivity (Wildman–Crippen MR) is 68.4 cm³/mol. The maximum absolute atomic E-state index is 12.2. The molecule has 1 aromatic carbocycles. The van der Waals surface area contributed by atoms with E-state index in [1.807, 2.05) is 30.3 Å². The van der Waals surface area contributed by atoms with Crippen LogP contribution < -0.4 is 11.1 Å². The van der Waals surface area contributed by atoms with Gasteiger partial charge in [0, 0.05) is 5.54 Å². The number of hydrogen-bond acceptors (Lipinski definition) is 2. The molecule has 17 heavy (non-hydrogen) atoms. The van der Waals surface area contributed by atoms with E-state index in [1.54, 1.807) is 6.92 Å². The smallest absolute Gasteiger partial charge is 0.244 e. The molecule has 3 N–H and O–H groups in total. The average Bonchev–Trinajstić information content (AvgIpc) is 2.28. The third-order valence-corrected chi connectivity index (χ3v) is 3.72. The Morgan fingerprint density at radius 1 is 1.35 bits per heavy atom. The van der Waals surface area contributed by atoms with Crippen molar-refractivity contribution < 1.29 is 4.79 Å². The number of nitrogens with one attached hydrogen (secondary N) is 1. The first-order valence-electron chi connectivity index (χ1n) is 6.11. The molecule has 1 aliphatic carbocycles. The number of nitrogens with two attached hydrogens (primary N) is 1. The fraction of sp³-hybridized carbons (Fsp3) is 0.500. The summed E-state index contributed by atoms with van der Waals surface area (Å²) >= 11 is 0. The average molecular weight is 232 g/mol. The Morgan fingerprint density at radius 2 is 1.94 bits per heavy atom. The Labute approximate surface area is 102 Å². The summed E-state index contributed by atoms with van der Waals surface area (Å²) in [5.74, 6) is -0.0918. The fourth-order valence-corrected chi connectivity index (χ4v) is 2.15. The minimum absolute atomic E-state index is 0.0491. The van der Waals surface area contributed by atoms with Crippen LogP contribution in [0.25, 0.3) is 0 Å². The molecule has 92 valence electrons. The van der Waals surface area contributed by atoms with Crippen LogP contribution in [0, 0.1) is 0 Å². The number of amides is 1. The van der Waals surface area contributed by atoms with Gasteiger partial charge in [-0.05, 0) is 38.7 Å². The highest BCUT2D eigenvalue weighted by molar-refractivity contribution is 5.87. The molecule has 1 atom stereocenters. The van der Waals surface area contributed by atoms with Crippen LogP contribution in [0.3, 0.4) is 0 Å². The highest BCUT2D eigenvalue weighted by atomic mass is 16.2. The second-order valence-corrected chi connectivity index (χ2v) is 5.44. The van der Waals surface area contributed by atoms with Gasteiger partial charge in [0.15, 0.2) is 0 Å². The summed E-state index contributed by atoms with van der Waals surface area (Å²) in [5, 5.41) is 3.07. The molecule has 1 unspecified atom stereocenters. The van der Waals surface area contributed by atoms with Crippen LogP contribution in [-0.2, 0) is 10.3 Å². The van der Waals surface area contributed by atoms with Crippen LogP contribution >= 0.6 is 0 Å². The van der Waals surface area contributed by atoms with Gasteiger partial charge in [0.1, 0.15) is 5.54 Å². The van der Waals surface area contributed by atoms with Crippen molar-refractivity contribution in [1.82, 2.24) is 5.32 Å². The van der Waals surface area contributed by atoms with Gasteiger partial charge in [0.25, 0.3) is 0 Å². The van der Waals surface area contributed by atoms with Crippen molar-refractivity contribution in [3.8, 4) is 0 Å². The van der Waals surface area contributed by atoms with Crippen LogP contribution in [0.15, 0.2) is 30.3 Å². The van der Waals surface area contributed by atoms with E-state index in [1.165, 1.54) is 6.42 Å². The quantitative estimate of drug-likeness (QED) is 0.836. The summed E-state index contributed by atoms with van der Waals surface area (Å²) in [6.07, 6.45) is 3.27. The van der Waals surface area contributed by atoms with Gasteiger partial charge >= 0.3 is 0 Å². The molecule has 2 rings (SSSR count). The molecule has 0 radical (unpaired) electrons. The van der Waals surface area contributed by atoms with Gasteiger partial charge in [-0.2, -0.15) is 0 Å². The van der Waals surface area contributed by atoms with Crippen molar-refractivity contribution in [2.45, 2.75) is 44.2 Å². The van der Waals surface area contributed by atoms with Gasteiger partial charge in [0.05, 0.1) is 0 Å². The highest BCUT2D eigenvalue weighted by Gasteiger charge is 2.38. The first-order valence-corrected chi connectivity index (χ1v) is 6.11. The third-order valence-electron chi connectivity index (χ3n) is 3.72. The standard InChI is InChI=1S/C14H20N2O/c1-13(9-6-10-13)16-12(17)14(2,15)11-7-4-3-5-8-11/h3-5,7-8H,6,9-10,15H2,1-2H3,(H,16,17). The number of carbonyl (C=O) groups is 1. The second kappa shape index (κ2) is 4.15. The summed E-state index contributed by atoms with van der Waals surface area (Å²) < 4.78 is 0. The van der Waals surface area contributed by atoms with Gasteiger partial charge in [0.2, 0.25) is 5.91 Å². The van der Waals surface area contributed by atoms with Crippen LogP contribution in [0.4, 0.5) is 0 Å². The molecular weight excluding hydrogens is 212 g/mol. The lowest BCUT2D eigenvalue weighted by Crippen LogP contribution is -2.58. The predicted octanol–water partition coefficient (Wildman–Crippen LogP) is 1.92. The largest absolute Gasteiger partial charge is 0.349 e. The van der Waals surface area contributed by atoms with Gasteiger partial charge in [-0.25, -0.2) is 0 Å². The van der Waals surface area contributed by atoms with E-state index in [0.29, 0.717) is 0 Å². The molecule has 1 saturated carbocycles. The Morgan fingerprint density at radius 3 is 2.41 bits per heavy atom. The number of rotatable bonds is 3. The summed E-state index contributed by atoms with van der Waals surface area (Å²) in [7, 11) is 0. The van der Waals surface area contributed by atoms with E-state index >= 15 is 0 Å². The summed E-state index contributed by atoms with van der Waals surface area (Å²) in [4.78, 5) is 12.2. The van der Waals surface area contributed by atoms with E-state index < -0.39 is 5.54 Å². The Balaban J connectivity index is 2.12. The minimum Gasteiger partial charge on any atom is -0.349 e. The highest BCUT2D eigenvalue weighted by Crippen LogP contribution is 2.32. The molecule has 1 amide bonds. The van der Waals surface area contributed by atoms with E-state index in [0.717, 1.165) is 18.4 Å². The molecule has 1 aliphatic rings. The molecule has 0 aliphatic heterocycles. The topological polar surface area (TPSA) is 55.1 Å². The lowest BCUT2D eigenvalue weighted by Gasteiger charge is -2.41. The molecule has 1 aromatic rings. The molecule has 0 saturated heterocycles. The third kappa shape index (κ3) is 2.34. The fourth-order valence-electron chi connectivity index (χ4n) is 2.15. The zero-order chi connectivity index (χ0) is 12.5. The normalized spacial score (nSPS) is 21.1. The van der Waals surface area contributed by atoms with Gasteiger partial charge in [-0.1, -0.05) is 30.3 Å². The van der Waals surface area contributed by atoms with E-state index in [2.05, 4.69) is 12.2 Å². The lowest BCUT2D eigenvalue weighted by atomic mass is 9.77. The Bertz CT molecular complexity index is 407. The van der Waals surface area contributed by atoms with Gasteiger partial charge in [-0.3, -0.25) is 4.79 Å². The summed E-state index contributed by atoms with van der Waals surface area (Å²) in [5.41, 5.74) is 6.00. The van der Waals surface area contributed by atoms with E-state index in [-0.39, 0.29) is 11.4 Å². The second-order valence-electron chi connectivity index (χ2n) is 5.44. The first-order chi connectivity index (χ1) is 7.94. The summed E-state index contributed by atoms with van der Waals surface area (Å²) in [6.45, 7) is 3.84. The van der Waals surface area contributed by atoms with Crippen LogP contribution in [-0.4, -0.2) is 11.4 Å². The maximum Gasteiger partial charge on any atom is 0.244 e. The molecule has 3 nitrogen and oxygen atoms in total. The number of carbonyl (C=O) groups excluding carboxylic acids is 1. The Kier molecular flexibility index (Phi) is 2.96. The molecule has 0 heterocycles. The minimum atomic E-state index is -0.958. The van der Waals surface area contributed by atoms with Gasteiger partial charge < -0.3 is 11.1 Å². The molecule has 0 aromatic heterocycles. The summed E-state index contributed by atoms with van der Waals surface area (Å²) in [6, 6.07) is 9.51. The molecule has 0 bridgehead atoms. The molecule has 1 fully saturated rings. The van der Waals surface area contributed by atoms with E-state index in [9.17, 15) is 4.79 Å². The lowest BCUT2D eigenvalue weighted by molar-refractivity contribution is -0.129. The van der Waals surface area contributed by atoms with Crippen LogP contribution in [0.2, 0.25) is 0 Å². The first kappa shape index (κ1) is 12.1. The zero-order valence-corrected chi connectivity index (χ0v) is 10.5. The SMILES string of the molecule is CC1(NC(=O)C(C)(N)c2ccccc2)CCC1. The van der Waals surface area contributed by atoms with Crippen LogP contribution in [0.5, 0.6) is 0 Å². The molecule has 3 heteroatoms. The Hall–Kier alpha value is -1.35. The zero-order valence-electron chi connectivity index (χ0n) is 10.5. The van der Waals surface area contributed by atoms with Crippen molar-refractivity contribution in [3.63, 3.8) is 0 Å². The van der Waals surface area contributed by atoms with Crippen molar-refractivity contribution in [1.29, 1.82) is 0 Å². The molecule has 0 spiro atoms. The van der Waals surface area contributed by atoms with Crippen molar-refractivity contribution in [3.05, 3.63) is 35.9 Å². The van der Waals surface area contributed by atoms with Gasteiger partial charge in [-0.15, -0.1) is 0 Å². The number of benzene rings is 1. The van der Waals surface area contributed by atoms with E-state index in [4.69, 9.17) is 5.73 Å². The monoisotopic (exact) mass is 232 g/mol. The van der Waals surface area contributed by atoms with Crippen molar-refractivity contribution >= 4 is 5.91 Å². The van der Waals surface area contributed by atoms with Crippen molar-refractivity contribution in [2.24, 2.45) is 5.73 Å². The maximum atomic E-state index is 12.2. The van der Waals surface area contributed by atoms with Crippen molar-refractivity contribution in [2.75, 3.05) is 0 Å². The number of hydrogen-bond donors (Lipinski definition) is 2.